The molecule has 1 unspecified atom stereocenters. The Morgan fingerprint density at radius 2 is 1.81 bits per heavy atom. The van der Waals surface area contributed by atoms with Crippen LogP contribution < -0.4 is 5.32 Å². The summed E-state index contributed by atoms with van der Waals surface area (Å²) in [7, 11) is 4.36. The molecule has 1 N–H and O–H groups in total. The quantitative estimate of drug-likeness (QED) is 0.831. The number of likely N-dealkylation sites (tertiary alicyclic amines) is 1. The first-order valence-corrected chi connectivity index (χ1v) is 8.41. The lowest BCUT2D eigenvalue weighted by Crippen LogP contribution is -2.37. The van der Waals surface area contributed by atoms with Crippen LogP contribution in [0.25, 0.3) is 0 Å². The maximum Gasteiger partial charge on any atom is 0.0237 e. The van der Waals surface area contributed by atoms with Crippen molar-refractivity contribution in [1.29, 1.82) is 0 Å². The van der Waals surface area contributed by atoms with E-state index in [1.807, 2.05) is 0 Å². The van der Waals surface area contributed by atoms with Crippen LogP contribution in [-0.2, 0) is 13.1 Å². The molecule has 3 nitrogen and oxygen atoms in total. The third-order valence-corrected chi connectivity index (χ3v) is 4.66. The summed E-state index contributed by atoms with van der Waals surface area (Å²) in [4.78, 5) is 4.97. The van der Waals surface area contributed by atoms with Gasteiger partial charge in [-0.1, -0.05) is 24.3 Å². The molecule has 0 aromatic heterocycles. The summed E-state index contributed by atoms with van der Waals surface area (Å²) >= 11 is 0. The Kier molecular flexibility index (Phi) is 4.94. The van der Waals surface area contributed by atoms with Gasteiger partial charge in [0.1, 0.15) is 0 Å². The fraction of sp³-hybridized carbons (Fsp3) is 0.667. The minimum absolute atomic E-state index is 0.733. The van der Waals surface area contributed by atoms with Crippen LogP contribution in [0.15, 0.2) is 24.3 Å². The smallest absolute Gasteiger partial charge is 0.0237 e. The lowest BCUT2D eigenvalue weighted by molar-refractivity contribution is 0.201. The Morgan fingerprint density at radius 3 is 2.48 bits per heavy atom. The molecular weight excluding hydrogens is 258 g/mol. The molecule has 1 aliphatic heterocycles. The zero-order chi connectivity index (χ0) is 14.7. The van der Waals surface area contributed by atoms with Crippen molar-refractivity contribution in [2.24, 2.45) is 0 Å². The van der Waals surface area contributed by atoms with Gasteiger partial charge in [-0.15, -0.1) is 0 Å². The zero-order valence-corrected chi connectivity index (χ0v) is 13.5. The van der Waals surface area contributed by atoms with Gasteiger partial charge in [-0.25, -0.2) is 0 Å². The number of hydrogen-bond acceptors (Lipinski definition) is 3. The molecular formula is C18H29N3. The summed E-state index contributed by atoms with van der Waals surface area (Å²) in [5.41, 5.74) is 2.87. The predicted molar refractivity (Wildman–Crippen MR) is 88.3 cm³/mol. The van der Waals surface area contributed by atoms with Crippen molar-refractivity contribution in [2.75, 3.05) is 27.2 Å². The van der Waals surface area contributed by atoms with Crippen LogP contribution >= 0.6 is 0 Å². The lowest BCUT2D eigenvalue weighted by atomic mass is 10.1. The number of hydrogen-bond donors (Lipinski definition) is 1. The van der Waals surface area contributed by atoms with Crippen molar-refractivity contribution in [3.63, 3.8) is 0 Å². The van der Waals surface area contributed by atoms with Gasteiger partial charge in [0.2, 0.25) is 0 Å². The van der Waals surface area contributed by atoms with E-state index >= 15 is 0 Å². The highest BCUT2D eigenvalue weighted by atomic mass is 15.2. The fourth-order valence-corrected chi connectivity index (χ4v) is 3.28. The SMILES string of the molecule is CN(C)CC1CCCN1Cc1ccc(CNC2CC2)cc1. The van der Waals surface area contributed by atoms with E-state index in [2.05, 4.69) is 53.5 Å². The van der Waals surface area contributed by atoms with Crippen LogP contribution in [0.4, 0.5) is 0 Å². The molecule has 2 aliphatic rings. The van der Waals surface area contributed by atoms with E-state index in [1.54, 1.807) is 0 Å². The molecule has 1 saturated carbocycles. The number of benzene rings is 1. The minimum Gasteiger partial charge on any atom is -0.310 e. The van der Waals surface area contributed by atoms with Gasteiger partial charge in [-0.2, -0.15) is 0 Å². The van der Waals surface area contributed by atoms with Gasteiger partial charge in [-0.05, 0) is 57.5 Å². The molecule has 0 bridgehead atoms. The molecule has 3 rings (SSSR count). The molecule has 2 fully saturated rings. The molecule has 1 aromatic carbocycles. The summed E-state index contributed by atoms with van der Waals surface area (Å²) in [6, 6.07) is 10.7. The van der Waals surface area contributed by atoms with Crippen molar-refractivity contribution >= 4 is 0 Å². The van der Waals surface area contributed by atoms with E-state index in [1.165, 1.54) is 49.9 Å². The molecule has 0 amide bonds. The second kappa shape index (κ2) is 6.91. The van der Waals surface area contributed by atoms with Crippen LogP contribution in [0.3, 0.4) is 0 Å². The molecule has 1 aromatic rings. The van der Waals surface area contributed by atoms with Gasteiger partial charge in [0.25, 0.3) is 0 Å². The highest BCUT2D eigenvalue weighted by molar-refractivity contribution is 5.22. The van der Waals surface area contributed by atoms with Crippen molar-refractivity contribution < 1.29 is 0 Å². The van der Waals surface area contributed by atoms with Gasteiger partial charge in [-0.3, -0.25) is 4.90 Å². The highest BCUT2D eigenvalue weighted by Crippen LogP contribution is 2.21. The van der Waals surface area contributed by atoms with E-state index in [-0.39, 0.29) is 0 Å². The monoisotopic (exact) mass is 287 g/mol. The first-order valence-electron chi connectivity index (χ1n) is 8.41. The predicted octanol–water partition coefficient (Wildman–Crippen LogP) is 2.46. The van der Waals surface area contributed by atoms with Crippen molar-refractivity contribution in [1.82, 2.24) is 15.1 Å². The average molecular weight is 287 g/mol. The van der Waals surface area contributed by atoms with Crippen molar-refractivity contribution in [3.05, 3.63) is 35.4 Å². The molecule has 1 saturated heterocycles. The second-order valence-electron chi connectivity index (χ2n) is 7.00. The molecule has 3 heteroatoms. The van der Waals surface area contributed by atoms with Gasteiger partial charge in [0, 0.05) is 31.7 Å². The van der Waals surface area contributed by atoms with Crippen molar-refractivity contribution in [2.45, 2.75) is 50.9 Å². The van der Waals surface area contributed by atoms with Gasteiger partial charge < -0.3 is 10.2 Å². The summed E-state index contributed by atoms with van der Waals surface area (Å²) in [5, 5.41) is 3.58. The zero-order valence-electron chi connectivity index (χ0n) is 13.5. The molecule has 21 heavy (non-hydrogen) atoms. The third-order valence-electron chi connectivity index (χ3n) is 4.66. The van der Waals surface area contributed by atoms with Crippen LogP contribution in [0.1, 0.15) is 36.8 Å². The Morgan fingerprint density at radius 1 is 1.10 bits per heavy atom. The van der Waals surface area contributed by atoms with Crippen molar-refractivity contribution in [3.8, 4) is 0 Å². The van der Waals surface area contributed by atoms with Crippen LogP contribution in [-0.4, -0.2) is 49.1 Å². The Labute approximate surface area is 129 Å². The topological polar surface area (TPSA) is 18.5 Å². The molecule has 0 spiro atoms. The molecule has 116 valence electrons. The summed E-state index contributed by atoms with van der Waals surface area (Å²) in [6.45, 7) is 4.57. The summed E-state index contributed by atoms with van der Waals surface area (Å²) in [6.07, 6.45) is 5.42. The van der Waals surface area contributed by atoms with Crippen LogP contribution in [0.5, 0.6) is 0 Å². The Balaban J connectivity index is 1.51. The first-order chi connectivity index (χ1) is 10.2. The number of rotatable bonds is 7. The van der Waals surface area contributed by atoms with Gasteiger partial charge in [0.05, 0.1) is 0 Å². The molecule has 1 atom stereocenters. The van der Waals surface area contributed by atoms with E-state index in [0.717, 1.165) is 25.2 Å². The summed E-state index contributed by atoms with van der Waals surface area (Å²) < 4.78 is 0. The first kappa shape index (κ1) is 15.0. The maximum absolute atomic E-state index is 3.58. The van der Waals surface area contributed by atoms with E-state index in [4.69, 9.17) is 0 Å². The van der Waals surface area contributed by atoms with Gasteiger partial charge >= 0.3 is 0 Å². The van der Waals surface area contributed by atoms with E-state index in [9.17, 15) is 0 Å². The lowest BCUT2D eigenvalue weighted by Gasteiger charge is -2.27. The second-order valence-corrected chi connectivity index (χ2v) is 7.00. The van der Waals surface area contributed by atoms with Crippen LogP contribution in [0, 0.1) is 0 Å². The average Bonchev–Trinajstić information content (AvgIpc) is 3.20. The minimum atomic E-state index is 0.733. The van der Waals surface area contributed by atoms with E-state index in [0.29, 0.717) is 0 Å². The number of likely N-dealkylation sites (N-methyl/N-ethyl adjacent to an activating group) is 1. The maximum atomic E-state index is 3.58. The summed E-state index contributed by atoms with van der Waals surface area (Å²) in [5.74, 6) is 0. The number of nitrogens with one attached hydrogen (secondary N) is 1. The van der Waals surface area contributed by atoms with Gasteiger partial charge in [0.15, 0.2) is 0 Å². The Hall–Kier alpha value is -0.900. The van der Waals surface area contributed by atoms with Crippen LogP contribution in [0.2, 0.25) is 0 Å². The molecule has 0 radical (unpaired) electrons. The highest BCUT2D eigenvalue weighted by Gasteiger charge is 2.24. The largest absolute Gasteiger partial charge is 0.310 e. The Bertz CT molecular complexity index is 436. The molecule has 1 heterocycles. The normalized spacial score (nSPS) is 23.1. The fourth-order valence-electron chi connectivity index (χ4n) is 3.28. The van der Waals surface area contributed by atoms with E-state index < -0.39 is 0 Å². The number of nitrogens with zero attached hydrogens (tertiary/aromatic N) is 2. The standard InChI is InChI=1S/C18H29N3/c1-20(2)14-18-4-3-11-21(18)13-16-7-5-15(6-8-16)12-19-17-9-10-17/h5-8,17-19H,3-4,9-14H2,1-2H3. The molecule has 1 aliphatic carbocycles. The third kappa shape index (κ3) is 4.53.